The maximum atomic E-state index is 10.8. The second-order valence-corrected chi connectivity index (χ2v) is 1.89. The fraction of sp³-hybridized carbons (Fsp3) is 0.286. The van der Waals surface area contributed by atoms with Gasteiger partial charge in [0.15, 0.2) is 0 Å². The van der Waals surface area contributed by atoms with Crippen molar-refractivity contribution in [2.45, 2.75) is 6.92 Å². The number of carboxylic acids is 1. The zero-order valence-electron chi connectivity index (χ0n) is 6.50. The highest BCUT2D eigenvalue weighted by atomic mass is 16.4. The number of rotatable bonds is 3. The summed E-state index contributed by atoms with van der Waals surface area (Å²) in [6.45, 7) is 1.05. The summed E-state index contributed by atoms with van der Waals surface area (Å²) < 4.78 is 0. The van der Waals surface area contributed by atoms with Crippen molar-refractivity contribution in [1.82, 2.24) is 5.32 Å². The molecule has 2 N–H and O–H groups in total. The molecule has 0 atom stereocenters. The van der Waals surface area contributed by atoms with Gasteiger partial charge in [-0.2, -0.15) is 5.26 Å². The molecule has 0 aromatic carbocycles. The van der Waals surface area contributed by atoms with Gasteiger partial charge in [0.25, 0.3) is 5.91 Å². The number of amides is 1. The van der Waals surface area contributed by atoms with Gasteiger partial charge in [0, 0.05) is 0 Å². The summed E-state index contributed by atoms with van der Waals surface area (Å²) >= 11 is 0. The first-order chi connectivity index (χ1) is 5.61. The maximum Gasteiger partial charge on any atom is 0.322 e. The van der Waals surface area contributed by atoms with E-state index in [2.05, 4.69) is 5.32 Å². The lowest BCUT2D eigenvalue weighted by molar-refractivity contribution is -0.137. The highest BCUT2D eigenvalue weighted by Crippen LogP contribution is 1.89. The molecule has 12 heavy (non-hydrogen) atoms. The standard InChI is InChI=1S/C7H8N2O3/c1-2-5(3-8)7(12)9-4-6(10)11/h2H,4H2,1H3,(H,9,12)(H,10,11). The van der Waals surface area contributed by atoms with Gasteiger partial charge in [-0.05, 0) is 6.92 Å². The van der Waals surface area contributed by atoms with Crippen LogP contribution in [-0.2, 0) is 9.59 Å². The number of nitrogens with zero attached hydrogens (tertiary/aromatic N) is 1. The number of nitriles is 1. The van der Waals surface area contributed by atoms with E-state index >= 15 is 0 Å². The summed E-state index contributed by atoms with van der Waals surface area (Å²) in [6.07, 6.45) is 1.32. The Morgan fingerprint density at radius 2 is 2.25 bits per heavy atom. The summed E-state index contributed by atoms with van der Waals surface area (Å²) in [5.74, 6) is -1.81. The van der Waals surface area contributed by atoms with Crippen molar-refractivity contribution in [3.8, 4) is 6.07 Å². The van der Waals surface area contributed by atoms with Crippen LogP contribution in [0.2, 0.25) is 0 Å². The number of carboxylic acid groups (broad SMARTS) is 1. The molecule has 0 aromatic rings. The van der Waals surface area contributed by atoms with E-state index in [9.17, 15) is 9.59 Å². The van der Waals surface area contributed by atoms with E-state index in [4.69, 9.17) is 10.4 Å². The minimum atomic E-state index is -1.14. The van der Waals surface area contributed by atoms with Crippen molar-refractivity contribution in [1.29, 1.82) is 5.26 Å². The Morgan fingerprint density at radius 1 is 1.67 bits per heavy atom. The van der Waals surface area contributed by atoms with Crippen LogP contribution in [0.1, 0.15) is 6.92 Å². The van der Waals surface area contributed by atoms with Gasteiger partial charge in [-0.3, -0.25) is 9.59 Å². The van der Waals surface area contributed by atoms with Crippen LogP contribution in [-0.4, -0.2) is 23.5 Å². The van der Waals surface area contributed by atoms with Gasteiger partial charge in [-0.15, -0.1) is 0 Å². The highest BCUT2D eigenvalue weighted by Gasteiger charge is 2.07. The van der Waals surface area contributed by atoms with Crippen molar-refractivity contribution in [2.75, 3.05) is 6.54 Å². The van der Waals surface area contributed by atoms with Gasteiger partial charge in [0.2, 0.25) is 0 Å². The van der Waals surface area contributed by atoms with Gasteiger partial charge in [0.05, 0.1) is 0 Å². The zero-order chi connectivity index (χ0) is 9.56. The van der Waals surface area contributed by atoms with Crippen LogP contribution in [0, 0.1) is 11.3 Å². The molecule has 0 aliphatic rings. The molecule has 0 saturated carbocycles. The molecule has 0 unspecified atom stereocenters. The maximum absolute atomic E-state index is 10.8. The number of carbonyl (C=O) groups is 2. The van der Waals surface area contributed by atoms with Crippen molar-refractivity contribution in [3.63, 3.8) is 0 Å². The molecular weight excluding hydrogens is 160 g/mol. The molecule has 0 bridgehead atoms. The minimum Gasteiger partial charge on any atom is -0.480 e. The molecule has 0 spiro atoms. The molecule has 5 nitrogen and oxygen atoms in total. The third-order valence-corrected chi connectivity index (χ3v) is 1.05. The molecule has 0 aliphatic heterocycles. The molecule has 0 radical (unpaired) electrons. The predicted molar refractivity (Wildman–Crippen MR) is 40.0 cm³/mol. The fourth-order valence-corrected chi connectivity index (χ4v) is 0.498. The van der Waals surface area contributed by atoms with E-state index in [1.54, 1.807) is 6.07 Å². The van der Waals surface area contributed by atoms with E-state index in [1.165, 1.54) is 13.0 Å². The molecule has 0 aliphatic carbocycles. The topological polar surface area (TPSA) is 90.2 Å². The molecule has 5 heteroatoms. The Bertz CT molecular complexity index is 262. The average Bonchev–Trinajstić information content (AvgIpc) is 2.03. The predicted octanol–water partition coefficient (Wildman–Crippen LogP) is -0.343. The molecule has 0 heterocycles. The van der Waals surface area contributed by atoms with Crippen LogP contribution in [0.5, 0.6) is 0 Å². The third-order valence-electron chi connectivity index (χ3n) is 1.05. The summed E-state index contributed by atoms with van der Waals surface area (Å²) in [4.78, 5) is 20.8. The van der Waals surface area contributed by atoms with Crippen LogP contribution in [0.4, 0.5) is 0 Å². The highest BCUT2D eigenvalue weighted by molar-refractivity contribution is 5.98. The van der Waals surface area contributed by atoms with Crippen LogP contribution in [0.15, 0.2) is 11.6 Å². The SMILES string of the molecule is CC=C(C#N)C(=O)NCC(=O)O. The fourth-order valence-electron chi connectivity index (χ4n) is 0.498. The largest absolute Gasteiger partial charge is 0.480 e. The molecule has 0 rings (SSSR count). The molecule has 0 saturated heterocycles. The van der Waals surface area contributed by atoms with Crippen molar-refractivity contribution < 1.29 is 14.7 Å². The lowest BCUT2D eigenvalue weighted by atomic mass is 10.2. The quantitative estimate of drug-likeness (QED) is 0.445. The van der Waals surface area contributed by atoms with E-state index in [0.717, 1.165) is 0 Å². The molecule has 1 amide bonds. The van der Waals surface area contributed by atoms with E-state index in [-0.39, 0.29) is 5.57 Å². The van der Waals surface area contributed by atoms with Gasteiger partial charge < -0.3 is 10.4 Å². The number of aliphatic carboxylic acids is 1. The zero-order valence-corrected chi connectivity index (χ0v) is 6.50. The molecule has 64 valence electrons. The Kier molecular flexibility index (Phi) is 4.16. The first kappa shape index (κ1) is 10.2. The minimum absolute atomic E-state index is 0.0868. The normalized spacial score (nSPS) is 10.2. The number of hydrogen-bond acceptors (Lipinski definition) is 3. The monoisotopic (exact) mass is 168 g/mol. The van der Waals surface area contributed by atoms with E-state index < -0.39 is 18.4 Å². The lowest BCUT2D eigenvalue weighted by Crippen LogP contribution is -2.30. The van der Waals surface area contributed by atoms with Gasteiger partial charge in [-0.1, -0.05) is 6.08 Å². The number of carbonyl (C=O) groups excluding carboxylic acids is 1. The Morgan fingerprint density at radius 3 is 2.58 bits per heavy atom. The smallest absolute Gasteiger partial charge is 0.322 e. The van der Waals surface area contributed by atoms with Crippen LogP contribution in [0.25, 0.3) is 0 Å². The van der Waals surface area contributed by atoms with Crippen LogP contribution >= 0.6 is 0 Å². The van der Waals surface area contributed by atoms with Crippen LogP contribution in [0.3, 0.4) is 0 Å². The molecule has 0 fully saturated rings. The summed E-state index contributed by atoms with van der Waals surface area (Å²) in [5, 5.41) is 18.6. The van der Waals surface area contributed by atoms with Gasteiger partial charge in [-0.25, -0.2) is 0 Å². The summed E-state index contributed by atoms with van der Waals surface area (Å²) in [5.41, 5.74) is -0.0868. The second-order valence-electron chi connectivity index (χ2n) is 1.89. The van der Waals surface area contributed by atoms with E-state index in [0.29, 0.717) is 0 Å². The van der Waals surface area contributed by atoms with Crippen molar-refractivity contribution in [3.05, 3.63) is 11.6 Å². The van der Waals surface area contributed by atoms with Crippen molar-refractivity contribution >= 4 is 11.9 Å². The van der Waals surface area contributed by atoms with E-state index in [1.807, 2.05) is 0 Å². The third kappa shape index (κ3) is 3.37. The number of allylic oxidation sites excluding steroid dienone is 1. The Labute approximate surface area is 69.3 Å². The Balaban J connectivity index is 4.06. The lowest BCUT2D eigenvalue weighted by Gasteiger charge is -1.98. The first-order valence-electron chi connectivity index (χ1n) is 3.18. The van der Waals surface area contributed by atoms with Gasteiger partial charge >= 0.3 is 5.97 Å². The second kappa shape index (κ2) is 4.91. The Hall–Kier alpha value is -1.83. The first-order valence-corrected chi connectivity index (χ1v) is 3.18. The number of nitrogens with one attached hydrogen (secondary N) is 1. The van der Waals surface area contributed by atoms with Crippen LogP contribution < -0.4 is 5.32 Å². The molecule has 0 aromatic heterocycles. The summed E-state index contributed by atoms with van der Waals surface area (Å²) in [7, 11) is 0. The summed E-state index contributed by atoms with van der Waals surface area (Å²) in [6, 6.07) is 1.63. The molecular formula is C7H8N2O3. The van der Waals surface area contributed by atoms with Gasteiger partial charge in [0.1, 0.15) is 18.2 Å². The number of hydrogen-bond donors (Lipinski definition) is 2. The van der Waals surface area contributed by atoms with Crippen molar-refractivity contribution in [2.24, 2.45) is 0 Å². The average molecular weight is 168 g/mol.